The molecule has 196 valence electrons. The van der Waals surface area contributed by atoms with Crippen LogP contribution in [0.1, 0.15) is 65.2 Å². The van der Waals surface area contributed by atoms with Gasteiger partial charge in [0.1, 0.15) is 0 Å². The van der Waals surface area contributed by atoms with Crippen LogP contribution in [0.4, 0.5) is 0 Å². The quantitative estimate of drug-likeness (QED) is 0.103. The van der Waals surface area contributed by atoms with Gasteiger partial charge in [0.25, 0.3) is 0 Å². The van der Waals surface area contributed by atoms with E-state index in [-0.39, 0.29) is 26.0 Å². The van der Waals surface area contributed by atoms with Crippen LogP contribution in [0.5, 0.6) is 0 Å². The van der Waals surface area contributed by atoms with Gasteiger partial charge in [-0.15, -0.1) is 0 Å². The summed E-state index contributed by atoms with van der Waals surface area (Å²) in [5.74, 6) is 2.36. The minimum Gasteiger partial charge on any atom is -0.396 e. The lowest BCUT2D eigenvalue weighted by Gasteiger charge is -2.26. The van der Waals surface area contributed by atoms with Gasteiger partial charge in [-0.1, -0.05) is 62.8 Å². The predicted octanol–water partition coefficient (Wildman–Crippen LogP) is -2.48. The fraction of sp³-hybridized carbons (Fsp3) is 1.00. The van der Waals surface area contributed by atoms with Gasteiger partial charge in [0.15, 0.2) is 0 Å². The highest BCUT2D eigenvalue weighted by atomic mass is 16.5. The van der Waals surface area contributed by atoms with E-state index in [1.165, 1.54) is 0 Å². The molecule has 2 rings (SSSR count). The molecule has 4 unspecified atom stereocenters. The van der Waals surface area contributed by atoms with Crippen molar-refractivity contribution in [2.45, 2.75) is 88.5 Å². The van der Waals surface area contributed by atoms with Gasteiger partial charge in [0.05, 0.1) is 13.2 Å². The van der Waals surface area contributed by atoms with E-state index in [0.717, 1.165) is 64.6 Å². The molecular weight excluding hydrogens is 504 g/mol. The highest BCUT2D eigenvalue weighted by Crippen LogP contribution is 2.57. The first-order chi connectivity index (χ1) is 20.3. The number of ether oxygens (including phenoxy) is 2. The summed E-state index contributed by atoms with van der Waals surface area (Å²) in [5.41, 5.74) is 0. The summed E-state index contributed by atoms with van der Waals surface area (Å²) in [4.78, 5) is 0. The molecule has 43 heavy (non-hydrogen) atoms. The van der Waals surface area contributed by atoms with Crippen LogP contribution in [-0.2, 0) is 9.47 Å². The molecule has 0 aliphatic carbocycles. The molecule has 0 aromatic rings. The molecule has 2 aliphatic rings. The summed E-state index contributed by atoms with van der Waals surface area (Å²) in [6, 6.07) is 0. The molecule has 0 saturated carbocycles. The van der Waals surface area contributed by atoms with Crippen LogP contribution >= 0.6 is 0 Å². The first kappa shape index (κ1) is 40.4. The molecule has 23 heteroatoms. The molecule has 3 nitrogen and oxygen atoms in total. The highest BCUT2D eigenvalue weighted by Gasteiger charge is 2.58. The van der Waals surface area contributed by atoms with Crippen molar-refractivity contribution in [3.8, 4) is 0 Å². The lowest BCUT2D eigenvalue weighted by Crippen LogP contribution is -2.63. The Kier molecular flexibility index (Phi) is 19.3. The molecule has 2 aliphatic heterocycles. The van der Waals surface area contributed by atoms with Gasteiger partial charge in [-0.2, -0.15) is 0 Å². The minimum absolute atomic E-state index is 0.120. The third kappa shape index (κ3) is 13.0. The van der Waals surface area contributed by atoms with Crippen molar-refractivity contribution in [2.75, 3.05) is 33.0 Å². The fourth-order valence-corrected chi connectivity index (χ4v) is 7.78. The Morgan fingerprint density at radius 2 is 0.907 bits per heavy atom. The molecule has 1 N–H and O–H groups in total. The maximum absolute atomic E-state index is 9.35. The average Bonchev–Trinajstić information content (AvgIpc) is 3.80. The lowest BCUT2D eigenvalue weighted by atomic mass is 8.57. The molecule has 4 atom stereocenters. The molecule has 0 bridgehead atoms. The summed E-state index contributed by atoms with van der Waals surface area (Å²) in [6.07, 6.45) is 3.97. The maximum Gasteiger partial charge on any atom is 0.0969 e. The van der Waals surface area contributed by atoms with Crippen LogP contribution in [0.3, 0.4) is 0 Å². The molecule has 2 fully saturated rings. The zero-order valence-corrected chi connectivity index (χ0v) is 26.9. The normalized spacial score (nSPS) is 20.6. The van der Waals surface area contributed by atoms with Crippen LogP contribution in [0, 0.1) is 5.92 Å². The average molecular weight is 543 g/mol. The van der Waals surface area contributed by atoms with Crippen molar-refractivity contribution >= 4 is 142 Å². The van der Waals surface area contributed by atoms with Gasteiger partial charge in [-0.25, -0.2) is 0 Å². The number of hydrogen-bond acceptors (Lipinski definition) is 3. The van der Waals surface area contributed by atoms with Crippen LogP contribution < -0.4 is 0 Å². The van der Waals surface area contributed by atoms with Crippen molar-refractivity contribution in [1.82, 2.24) is 0 Å². The Bertz CT molecular complexity index is 755. The Hall–Kier alpha value is 1.18. The second-order valence-corrected chi connectivity index (χ2v) is 13.8. The van der Waals surface area contributed by atoms with Crippen LogP contribution in [-0.4, -0.2) is 180 Å². The SMILES string of the molecule is [B]B([B])B([B])B(B([B])[B])B1C(CCCO)C1CCCOCCCC1B(B(B([B])[B])B([B])B([B])[B])C1CCCOCC(C)C. The van der Waals surface area contributed by atoms with Crippen LogP contribution in [0.15, 0.2) is 0 Å². The summed E-state index contributed by atoms with van der Waals surface area (Å²) in [6.45, 7) is 7.97. The topological polar surface area (TPSA) is 38.7 Å². The van der Waals surface area contributed by atoms with Gasteiger partial charge in [-0.3, -0.25) is 0 Å². The maximum atomic E-state index is 9.35. The first-order valence-electron chi connectivity index (χ1n) is 16.7. The molecule has 20 radical (unpaired) electrons. The van der Waals surface area contributed by atoms with E-state index in [0.29, 0.717) is 49.0 Å². The van der Waals surface area contributed by atoms with Crippen LogP contribution in [0.25, 0.3) is 0 Å². The van der Waals surface area contributed by atoms with E-state index >= 15 is 0 Å². The fourth-order valence-electron chi connectivity index (χ4n) is 7.78. The van der Waals surface area contributed by atoms with Crippen molar-refractivity contribution < 1.29 is 14.6 Å². The van der Waals surface area contributed by atoms with E-state index in [9.17, 15) is 5.11 Å². The van der Waals surface area contributed by atoms with E-state index < -0.39 is 38.3 Å². The van der Waals surface area contributed by atoms with Gasteiger partial charge < -0.3 is 14.6 Å². The van der Waals surface area contributed by atoms with Gasteiger partial charge in [-0.05, 0) is 31.6 Å². The van der Waals surface area contributed by atoms with Crippen LogP contribution in [0.2, 0.25) is 23.3 Å². The van der Waals surface area contributed by atoms with Crippen molar-refractivity contribution in [2.24, 2.45) is 5.92 Å². The lowest BCUT2D eigenvalue weighted by molar-refractivity contribution is 0.107. The second-order valence-electron chi connectivity index (χ2n) is 13.8. The molecular formula is C20H38B20O3. The zero-order chi connectivity index (χ0) is 32.3. The Labute approximate surface area is 282 Å². The third-order valence-electron chi connectivity index (χ3n) is 9.98. The minimum atomic E-state index is -0.676. The van der Waals surface area contributed by atoms with E-state index in [4.69, 9.17) is 86.8 Å². The van der Waals surface area contributed by atoms with Crippen molar-refractivity contribution in [1.29, 1.82) is 0 Å². The first-order valence-corrected chi connectivity index (χ1v) is 16.7. The predicted molar refractivity (Wildman–Crippen MR) is 211 cm³/mol. The van der Waals surface area contributed by atoms with Gasteiger partial charge in [0, 0.05) is 161 Å². The smallest absolute Gasteiger partial charge is 0.0969 e. The number of aliphatic hydroxyl groups excluding tert-OH is 1. The highest BCUT2D eigenvalue weighted by molar-refractivity contribution is 8.02. The van der Waals surface area contributed by atoms with Gasteiger partial charge >= 0.3 is 0 Å². The van der Waals surface area contributed by atoms with E-state index in [1.54, 1.807) is 0 Å². The summed E-state index contributed by atoms with van der Waals surface area (Å²) in [5, 5.41) is 9.35. The summed E-state index contributed by atoms with van der Waals surface area (Å²) < 4.78 is 11.8. The van der Waals surface area contributed by atoms with Gasteiger partial charge in [0.2, 0.25) is 0 Å². The third-order valence-corrected chi connectivity index (χ3v) is 9.98. The molecule has 2 heterocycles. The Balaban J connectivity index is 1.80. The number of rotatable bonds is 25. The monoisotopic (exact) mass is 546 g/mol. The summed E-state index contributed by atoms with van der Waals surface area (Å²) >= 11 is 0. The second kappa shape index (κ2) is 20.5. The zero-order valence-electron chi connectivity index (χ0n) is 26.9. The molecule has 0 aromatic heterocycles. The van der Waals surface area contributed by atoms with E-state index in [2.05, 4.69) is 13.8 Å². The standard InChI is InChI=1S/C20H38B20O3/c1-16(2)15-43-14-6-10-20-19(32(20)40(36(27)28)38(30)34(23)24)9-5-13-42-12-4-8-18-17(7-3-11-41)31(18)39(35(25)26)37(29)33(21)22/h16-20,41H,3-15H2,1-2H3. The molecule has 0 amide bonds. The summed E-state index contributed by atoms with van der Waals surface area (Å²) in [7, 11) is 61.0. The van der Waals surface area contributed by atoms with E-state index in [1.807, 2.05) is 0 Å². The van der Waals surface area contributed by atoms with Crippen molar-refractivity contribution in [3.05, 3.63) is 0 Å². The van der Waals surface area contributed by atoms with Crippen molar-refractivity contribution in [3.63, 3.8) is 0 Å². The molecule has 0 aromatic carbocycles. The largest absolute Gasteiger partial charge is 0.396 e. The Morgan fingerprint density at radius 3 is 1.21 bits per heavy atom. The molecule has 2 saturated heterocycles. The molecule has 0 spiro atoms. The number of hydrogen-bond donors (Lipinski definition) is 1. The Morgan fingerprint density at radius 1 is 0.558 bits per heavy atom. The number of aliphatic hydroxyl groups is 1.